The standard InChI is InChI=1S/C27H28ClF4N5O2/c1-24(2,29)12-19(34)22(38)37(25(14-33)7-8-25)21(27(30,31)32)16-5-3-15(4-6-16)20-18(28)11-17(13-36-20)26(9-10-26)23(35)39/h3-6,11,13,19,21H,7-10,12,34H2,1-2H3,(H2,35,39)/t19-,21-/m0/s1. The zero-order valence-electron chi connectivity index (χ0n) is 21.4. The van der Waals surface area contributed by atoms with Gasteiger partial charge in [0.15, 0.2) is 6.04 Å². The van der Waals surface area contributed by atoms with Crippen LogP contribution in [0.2, 0.25) is 5.02 Å². The minimum Gasteiger partial charge on any atom is -0.369 e. The van der Waals surface area contributed by atoms with Gasteiger partial charge in [0.1, 0.15) is 11.2 Å². The molecule has 7 nitrogen and oxygen atoms in total. The van der Waals surface area contributed by atoms with Crippen molar-refractivity contribution in [3.8, 4) is 17.3 Å². The highest BCUT2D eigenvalue weighted by molar-refractivity contribution is 6.33. The van der Waals surface area contributed by atoms with Crippen LogP contribution in [0.1, 0.15) is 63.1 Å². The van der Waals surface area contributed by atoms with Crippen LogP contribution < -0.4 is 11.5 Å². The van der Waals surface area contributed by atoms with Crippen molar-refractivity contribution >= 4 is 23.4 Å². The van der Waals surface area contributed by atoms with Crippen LogP contribution in [0.15, 0.2) is 36.5 Å². The van der Waals surface area contributed by atoms with Gasteiger partial charge in [-0.1, -0.05) is 35.9 Å². The molecule has 0 saturated heterocycles. The van der Waals surface area contributed by atoms with Crippen LogP contribution >= 0.6 is 11.6 Å². The molecule has 2 aromatic rings. The summed E-state index contributed by atoms with van der Waals surface area (Å²) >= 11 is 6.42. The first-order valence-electron chi connectivity index (χ1n) is 12.4. The van der Waals surface area contributed by atoms with E-state index in [4.69, 9.17) is 23.1 Å². The van der Waals surface area contributed by atoms with Crippen molar-refractivity contribution in [2.75, 3.05) is 0 Å². The van der Waals surface area contributed by atoms with E-state index in [1.165, 1.54) is 44.3 Å². The molecule has 0 unspecified atom stereocenters. The minimum absolute atomic E-state index is 0.0459. The second-order valence-electron chi connectivity index (χ2n) is 10.9. The van der Waals surface area contributed by atoms with Crippen LogP contribution in [0.3, 0.4) is 0 Å². The molecule has 2 amide bonds. The van der Waals surface area contributed by atoms with Gasteiger partial charge < -0.3 is 16.4 Å². The number of alkyl halides is 4. The van der Waals surface area contributed by atoms with E-state index in [9.17, 15) is 32.4 Å². The summed E-state index contributed by atoms with van der Waals surface area (Å²) in [5, 5.41) is 9.91. The number of nitrogens with zero attached hydrogens (tertiary/aromatic N) is 3. The summed E-state index contributed by atoms with van der Waals surface area (Å²) in [5.41, 5.74) is 7.94. The molecule has 208 valence electrons. The summed E-state index contributed by atoms with van der Waals surface area (Å²) in [6, 6.07) is 4.49. The molecule has 2 atom stereocenters. The molecule has 12 heteroatoms. The SMILES string of the molecule is CC(C)(F)C[C@H](N)C(=O)N([C@@H](c1ccc(-c2ncc(C3(C(N)=O)CC3)cc2Cl)cc1)C(F)(F)F)C1(C#N)CC1. The van der Waals surface area contributed by atoms with Crippen molar-refractivity contribution < 1.29 is 27.2 Å². The highest BCUT2D eigenvalue weighted by Gasteiger charge is 2.60. The van der Waals surface area contributed by atoms with Crippen molar-refractivity contribution in [3.63, 3.8) is 0 Å². The van der Waals surface area contributed by atoms with Crippen molar-refractivity contribution in [2.24, 2.45) is 11.5 Å². The number of rotatable bonds is 9. The van der Waals surface area contributed by atoms with Crippen LogP contribution in [-0.4, -0.2) is 45.1 Å². The van der Waals surface area contributed by atoms with Gasteiger partial charge in [0, 0.05) is 18.2 Å². The lowest BCUT2D eigenvalue weighted by Crippen LogP contribution is -2.55. The lowest BCUT2D eigenvalue weighted by atomic mass is 9.95. The number of amides is 2. The molecular weight excluding hydrogens is 538 g/mol. The van der Waals surface area contributed by atoms with Crippen LogP contribution in [0.5, 0.6) is 0 Å². The molecular formula is C27H28ClF4N5O2. The molecule has 1 aromatic heterocycles. The predicted molar refractivity (Wildman–Crippen MR) is 136 cm³/mol. The maximum absolute atomic E-state index is 14.5. The number of hydrogen-bond donors (Lipinski definition) is 2. The van der Waals surface area contributed by atoms with E-state index in [1.54, 1.807) is 6.07 Å². The maximum atomic E-state index is 14.5. The molecule has 1 heterocycles. The Kier molecular flexibility index (Phi) is 7.19. The highest BCUT2D eigenvalue weighted by Crippen LogP contribution is 2.51. The lowest BCUT2D eigenvalue weighted by molar-refractivity contribution is -0.198. The van der Waals surface area contributed by atoms with Crippen LogP contribution in [0, 0.1) is 11.3 Å². The zero-order valence-corrected chi connectivity index (χ0v) is 22.1. The molecule has 2 fully saturated rings. The van der Waals surface area contributed by atoms with E-state index in [0.717, 1.165) is 0 Å². The van der Waals surface area contributed by atoms with Gasteiger partial charge in [-0.25, -0.2) is 4.39 Å². The highest BCUT2D eigenvalue weighted by atomic mass is 35.5. The number of nitriles is 1. The van der Waals surface area contributed by atoms with Crippen molar-refractivity contribution in [3.05, 3.63) is 52.7 Å². The molecule has 0 bridgehead atoms. The number of pyridine rings is 1. The zero-order chi connectivity index (χ0) is 29.0. The molecule has 2 saturated carbocycles. The monoisotopic (exact) mass is 565 g/mol. The average Bonchev–Trinajstić information content (AvgIpc) is 3.75. The van der Waals surface area contributed by atoms with Crippen molar-refractivity contribution in [2.45, 2.75) is 80.8 Å². The van der Waals surface area contributed by atoms with Gasteiger partial charge in [-0.05, 0) is 56.7 Å². The normalized spacial score (nSPS) is 18.9. The summed E-state index contributed by atoms with van der Waals surface area (Å²) in [5.74, 6) is -1.62. The van der Waals surface area contributed by atoms with Gasteiger partial charge in [-0.15, -0.1) is 0 Å². The molecule has 0 spiro atoms. The summed E-state index contributed by atoms with van der Waals surface area (Å²) in [7, 11) is 0. The van der Waals surface area contributed by atoms with Crippen molar-refractivity contribution in [1.29, 1.82) is 5.26 Å². The summed E-state index contributed by atoms with van der Waals surface area (Å²) in [6.45, 7) is 2.34. The summed E-state index contributed by atoms with van der Waals surface area (Å²) in [4.78, 5) is 29.9. The van der Waals surface area contributed by atoms with Crippen LogP contribution in [-0.2, 0) is 15.0 Å². The van der Waals surface area contributed by atoms with E-state index < -0.39 is 53.1 Å². The number of aromatic nitrogens is 1. The third-order valence-electron chi connectivity index (χ3n) is 7.34. The third-order valence-corrected chi connectivity index (χ3v) is 7.62. The lowest BCUT2D eigenvalue weighted by Gasteiger charge is -2.38. The van der Waals surface area contributed by atoms with E-state index in [0.29, 0.717) is 28.9 Å². The second kappa shape index (κ2) is 9.75. The molecule has 2 aliphatic carbocycles. The van der Waals surface area contributed by atoms with Gasteiger partial charge in [0.25, 0.3) is 0 Å². The van der Waals surface area contributed by atoms with Crippen molar-refractivity contribution in [1.82, 2.24) is 9.88 Å². The quantitative estimate of drug-likeness (QED) is 0.419. The first-order chi connectivity index (χ1) is 18.0. The van der Waals surface area contributed by atoms with Gasteiger partial charge in [-0.3, -0.25) is 14.6 Å². The smallest absolute Gasteiger partial charge is 0.369 e. The first kappa shape index (κ1) is 28.8. The Hall–Kier alpha value is -3.23. The Bertz CT molecular complexity index is 1330. The fourth-order valence-electron chi connectivity index (χ4n) is 4.92. The van der Waals surface area contributed by atoms with Gasteiger partial charge in [0.05, 0.1) is 28.2 Å². The Morgan fingerprint density at radius 2 is 1.74 bits per heavy atom. The number of primary amides is 1. The van der Waals surface area contributed by atoms with Gasteiger partial charge in [0.2, 0.25) is 11.8 Å². The van der Waals surface area contributed by atoms with Gasteiger partial charge in [-0.2, -0.15) is 18.4 Å². The molecule has 0 radical (unpaired) electrons. The van der Waals surface area contributed by atoms with Gasteiger partial charge >= 0.3 is 6.18 Å². The molecule has 2 aliphatic rings. The number of benzene rings is 1. The average molecular weight is 566 g/mol. The Labute approximate surface area is 228 Å². The number of nitrogens with two attached hydrogens (primary N) is 2. The molecule has 1 aromatic carbocycles. The topological polar surface area (TPSA) is 126 Å². The number of carbonyl (C=O) groups is 2. The molecule has 39 heavy (non-hydrogen) atoms. The van der Waals surface area contributed by atoms with E-state index in [1.807, 2.05) is 6.07 Å². The van der Waals surface area contributed by atoms with E-state index >= 15 is 0 Å². The number of halogens is 5. The maximum Gasteiger partial charge on any atom is 0.413 e. The number of hydrogen-bond acceptors (Lipinski definition) is 5. The second-order valence-corrected chi connectivity index (χ2v) is 11.4. The first-order valence-corrected chi connectivity index (χ1v) is 12.7. The Balaban J connectivity index is 1.69. The van der Waals surface area contributed by atoms with E-state index in [-0.39, 0.29) is 29.1 Å². The third kappa shape index (κ3) is 5.58. The Morgan fingerprint density at radius 3 is 2.15 bits per heavy atom. The fourth-order valence-corrected chi connectivity index (χ4v) is 5.20. The summed E-state index contributed by atoms with van der Waals surface area (Å²) in [6.07, 6.45) is -2.74. The molecule has 4 N–H and O–H groups in total. The Morgan fingerprint density at radius 1 is 1.15 bits per heavy atom. The largest absolute Gasteiger partial charge is 0.413 e. The fraction of sp³-hybridized carbons (Fsp3) is 0.481. The van der Waals surface area contributed by atoms with Crippen LogP contribution in [0.4, 0.5) is 17.6 Å². The van der Waals surface area contributed by atoms with E-state index in [2.05, 4.69) is 4.98 Å². The minimum atomic E-state index is -4.96. The molecule has 4 rings (SSSR count). The number of carbonyl (C=O) groups excluding carboxylic acids is 2. The predicted octanol–water partition coefficient (Wildman–Crippen LogP) is 4.87. The van der Waals surface area contributed by atoms with Crippen LogP contribution in [0.25, 0.3) is 11.3 Å². The molecule has 0 aliphatic heterocycles. The summed E-state index contributed by atoms with van der Waals surface area (Å²) < 4.78 is 57.8.